The number of ether oxygens (including phenoxy) is 1. The van der Waals surface area contributed by atoms with E-state index in [9.17, 15) is 9.59 Å². The summed E-state index contributed by atoms with van der Waals surface area (Å²) in [5.41, 5.74) is 2.18. The van der Waals surface area contributed by atoms with Crippen LogP contribution in [0.15, 0.2) is 35.9 Å². The predicted octanol–water partition coefficient (Wildman–Crippen LogP) is 2.91. The number of nitrogens with zero attached hydrogens (tertiary/aromatic N) is 1. The number of nitrogens with one attached hydrogen (secondary N) is 1. The molecular weight excluding hydrogens is 368 g/mol. The van der Waals surface area contributed by atoms with Crippen molar-refractivity contribution in [3.8, 4) is 5.75 Å². The van der Waals surface area contributed by atoms with Gasteiger partial charge >= 0.3 is 0 Å². The van der Waals surface area contributed by atoms with Gasteiger partial charge in [0, 0.05) is 13.5 Å². The van der Waals surface area contributed by atoms with Gasteiger partial charge in [0.05, 0.1) is 0 Å². The molecule has 2 atom stereocenters. The third kappa shape index (κ3) is 4.57. The highest BCUT2D eigenvalue weighted by atomic mass is 32.2. The molecule has 1 aromatic rings. The highest BCUT2D eigenvalue weighted by Gasteiger charge is 2.49. The molecule has 5 nitrogen and oxygen atoms in total. The number of amides is 2. The van der Waals surface area contributed by atoms with E-state index in [0.717, 1.165) is 11.3 Å². The number of carbonyl (C=O) groups is 2. The maximum atomic E-state index is 12.9. The zero-order valence-corrected chi connectivity index (χ0v) is 17.5. The molecule has 2 rings (SSSR count). The van der Waals surface area contributed by atoms with Crippen molar-refractivity contribution in [2.75, 3.05) is 26.2 Å². The second kappa shape index (κ2) is 8.86. The Hall–Kier alpha value is -1.60. The Labute approximate surface area is 163 Å². The molecule has 1 N–H and O–H groups in total. The number of carbonyl (C=O) groups excluding carboxylic acids is 2. The lowest BCUT2D eigenvalue weighted by Crippen LogP contribution is -2.68. The topological polar surface area (TPSA) is 58.6 Å². The Morgan fingerprint density at radius 1 is 1.27 bits per heavy atom. The van der Waals surface area contributed by atoms with Crippen LogP contribution in [0, 0.1) is 0 Å². The molecule has 1 saturated heterocycles. The van der Waals surface area contributed by atoms with Crippen LogP contribution in [0.1, 0.15) is 19.4 Å². The monoisotopic (exact) mass is 394 g/mol. The van der Waals surface area contributed by atoms with Crippen LogP contribution >= 0.6 is 23.5 Å². The Bertz CT molecular complexity index is 687. The van der Waals surface area contributed by atoms with Crippen molar-refractivity contribution in [3.63, 3.8) is 0 Å². The van der Waals surface area contributed by atoms with Crippen molar-refractivity contribution in [1.29, 1.82) is 0 Å². The van der Waals surface area contributed by atoms with Crippen LogP contribution in [0.25, 0.3) is 0 Å². The van der Waals surface area contributed by atoms with Crippen molar-refractivity contribution in [2.45, 2.75) is 30.5 Å². The largest absolute Gasteiger partial charge is 0.490 e. The highest BCUT2D eigenvalue weighted by Crippen LogP contribution is 2.33. The second-order valence-electron chi connectivity index (χ2n) is 6.44. The Kier molecular flexibility index (Phi) is 7.06. The summed E-state index contributed by atoms with van der Waals surface area (Å²) in [6.45, 7) is 4.59. The van der Waals surface area contributed by atoms with E-state index in [1.54, 1.807) is 7.05 Å². The average molecular weight is 395 g/mol. The van der Waals surface area contributed by atoms with Crippen LogP contribution in [0.5, 0.6) is 5.75 Å². The first-order valence-corrected chi connectivity index (χ1v) is 10.9. The number of piperazine rings is 1. The first-order valence-electron chi connectivity index (χ1n) is 8.35. The Balaban J connectivity index is 2.13. The number of benzene rings is 1. The lowest BCUT2D eigenvalue weighted by Gasteiger charge is -2.43. The first kappa shape index (κ1) is 20.7. The zero-order valence-electron chi connectivity index (χ0n) is 15.9. The minimum atomic E-state index is -0.970. The van der Waals surface area contributed by atoms with E-state index in [-0.39, 0.29) is 11.8 Å². The molecule has 1 aromatic carbocycles. The number of hydrogen-bond donors (Lipinski definition) is 1. The van der Waals surface area contributed by atoms with Gasteiger partial charge in [-0.05, 0) is 50.1 Å². The summed E-state index contributed by atoms with van der Waals surface area (Å²) >= 11 is 2.72. The molecule has 0 saturated carbocycles. The average Bonchev–Trinajstić information content (AvgIpc) is 2.61. The Morgan fingerprint density at radius 2 is 1.92 bits per heavy atom. The van der Waals surface area contributed by atoms with Crippen LogP contribution in [0.4, 0.5) is 0 Å². The van der Waals surface area contributed by atoms with E-state index in [0.29, 0.717) is 13.0 Å². The second-order valence-corrected chi connectivity index (χ2v) is 8.46. The van der Waals surface area contributed by atoms with Crippen LogP contribution in [0.3, 0.4) is 0 Å². The molecule has 0 aliphatic carbocycles. The van der Waals surface area contributed by atoms with Crippen LogP contribution in [-0.2, 0) is 16.0 Å². The molecule has 0 aromatic heterocycles. The molecule has 0 radical (unpaired) electrons. The molecule has 7 heteroatoms. The van der Waals surface area contributed by atoms with E-state index in [4.69, 9.17) is 4.74 Å². The maximum absolute atomic E-state index is 12.9. The highest BCUT2D eigenvalue weighted by molar-refractivity contribution is 8.01. The summed E-state index contributed by atoms with van der Waals surface area (Å²) in [5, 5.41) is 2.47. The summed E-state index contributed by atoms with van der Waals surface area (Å²) in [7, 11) is 1.69. The molecule has 2 amide bonds. The fourth-order valence-corrected chi connectivity index (χ4v) is 4.29. The minimum absolute atomic E-state index is 0.0761. The van der Waals surface area contributed by atoms with Crippen molar-refractivity contribution in [2.24, 2.45) is 0 Å². The van der Waals surface area contributed by atoms with Crippen LogP contribution in [-0.4, -0.2) is 53.1 Å². The van der Waals surface area contributed by atoms with E-state index in [1.165, 1.54) is 34.0 Å². The van der Waals surface area contributed by atoms with Gasteiger partial charge in [0.15, 0.2) is 10.2 Å². The molecular formula is C19H26N2O3S2. The predicted molar refractivity (Wildman–Crippen MR) is 110 cm³/mol. The fraction of sp³-hybridized carbons (Fsp3) is 0.474. The van der Waals surface area contributed by atoms with Gasteiger partial charge in [-0.1, -0.05) is 17.7 Å². The van der Waals surface area contributed by atoms with E-state index >= 15 is 0 Å². The smallest absolute Gasteiger partial charge is 0.260 e. The molecule has 142 valence electrons. The normalized spacial score (nSPS) is 22.8. The summed E-state index contributed by atoms with van der Waals surface area (Å²) in [6.07, 6.45) is 6.12. The third-order valence-electron chi connectivity index (χ3n) is 4.26. The van der Waals surface area contributed by atoms with Gasteiger partial charge in [-0.3, -0.25) is 9.59 Å². The van der Waals surface area contributed by atoms with Crippen LogP contribution in [0.2, 0.25) is 0 Å². The van der Waals surface area contributed by atoms with Gasteiger partial charge in [-0.25, -0.2) is 0 Å². The van der Waals surface area contributed by atoms with Crippen molar-refractivity contribution < 1.29 is 14.3 Å². The SMILES string of the molecule is CSC1C(=O)NC(Cc2ccc(OCC=C(C)C)cc2)(SC)C(=O)N1C. The van der Waals surface area contributed by atoms with Gasteiger partial charge in [-0.15, -0.1) is 23.5 Å². The summed E-state index contributed by atoms with van der Waals surface area (Å²) in [5.74, 6) is 0.575. The number of likely N-dealkylation sites (N-methyl/N-ethyl adjacent to an activating group) is 1. The molecule has 1 heterocycles. The lowest BCUT2D eigenvalue weighted by molar-refractivity contribution is -0.145. The van der Waals surface area contributed by atoms with Gasteiger partial charge in [-0.2, -0.15) is 0 Å². The lowest BCUT2D eigenvalue weighted by atomic mass is 10.0. The van der Waals surface area contributed by atoms with Crippen molar-refractivity contribution >= 4 is 35.3 Å². The number of thioether (sulfide) groups is 2. The van der Waals surface area contributed by atoms with Crippen molar-refractivity contribution in [3.05, 3.63) is 41.5 Å². The molecule has 1 aliphatic rings. The van der Waals surface area contributed by atoms with Crippen molar-refractivity contribution in [1.82, 2.24) is 10.2 Å². The zero-order chi connectivity index (χ0) is 19.3. The summed E-state index contributed by atoms with van der Waals surface area (Å²) in [6, 6.07) is 7.67. The molecule has 26 heavy (non-hydrogen) atoms. The summed E-state index contributed by atoms with van der Waals surface area (Å²) < 4.78 is 5.67. The molecule has 1 aliphatic heterocycles. The van der Waals surface area contributed by atoms with E-state index in [2.05, 4.69) is 5.32 Å². The maximum Gasteiger partial charge on any atom is 0.260 e. The molecule has 0 bridgehead atoms. The molecule has 1 fully saturated rings. The van der Waals surface area contributed by atoms with Gasteiger partial charge < -0.3 is 15.0 Å². The fourth-order valence-electron chi connectivity index (χ4n) is 2.77. The van der Waals surface area contributed by atoms with E-state index < -0.39 is 10.2 Å². The molecule has 2 unspecified atom stereocenters. The van der Waals surface area contributed by atoms with Gasteiger partial charge in [0.25, 0.3) is 11.8 Å². The summed E-state index contributed by atoms with van der Waals surface area (Å²) in [4.78, 5) is 25.9. The number of rotatable bonds is 7. The van der Waals surface area contributed by atoms with Crippen LogP contribution < -0.4 is 10.1 Å². The quantitative estimate of drug-likeness (QED) is 0.721. The first-order chi connectivity index (χ1) is 12.3. The van der Waals surface area contributed by atoms with Gasteiger partial charge in [0.2, 0.25) is 0 Å². The van der Waals surface area contributed by atoms with E-state index in [1.807, 2.05) is 56.7 Å². The Morgan fingerprint density at radius 3 is 2.46 bits per heavy atom. The van der Waals surface area contributed by atoms with Gasteiger partial charge in [0.1, 0.15) is 12.4 Å². The minimum Gasteiger partial charge on any atom is -0.490 e. The standard InChI is InChI=1S/C19H26N2O3S2/c1-13(2)10-11-24-15-8-6-14(7-9-15)12-19(26-5)18(23)21(3)17(25-4)16(22)20-19/h6-10,17H,11-12H2,1-5H3,(H,20,22). The molecule has 0 spiro atoms. The number of hydrogen-bond acceptors (Lipinski definition) is 5. The number of allylic oxidation sites excluding steroid dienone is 1. The third-order valence-corrected chi connectivity index (χ3v) is 6.35.